The third-order valence-corrected chi connectivity index (χ3v) is 11.9. The molecule has 4 aromatic heterocycles. The van der Waals surface area contributed by atoms with Crippen LogP contribution in [0.3, 0.4) is 0 Å². The molecule has 0 fully saturated rings. The first kappa shape index (κ1) is 47.1. The van der Waals surface area contributed by atoms with E-state index in [1.807, 2.05) is 12.1 Å². The number of rotatable bonds is 20. The van der Waals surface area contributed by atoms with E-state index in [1.165, 1.54) is 51.4 Å². The lowest BCUT2D eigenvalue weighted by Crippen LogP contribution is -2.22. The van der Waals surface area contributed by atoms with Gasteiger partial charge < -0.3 is 5.32 Å². The summed E-state index contributed by atoms with van der Waals surface area (Å²) in [6.45, 7) is 18.3. The first-order chi connectivity index (χ1) is 29.1. The molecule has 330 valence electrons. The Morgan fingerprint density at radius 3 is 1.77 bits per heavy atom. The number of benzene rings is 2. The summed E-state index contributed by atoms with van der Waals surface area (Å²) in [5, 5.41) is 22.6. The highest BCUT2D eigenvalue weighted by molar-refractivity contribution is 7.92. The van der Waals surface area contributed by atoms with Crippen LogP contribution in [0.5, 0.6) is 0 Å². The second kappa shape index (κ2) is 21.2. The van der Waals surface area contributed by atoms with Gasteiger partial charge in [0.05, 0.1) is 17.1 Å². The van der Waals surface area contributed by atoms with Crippen molar-refractivity contribution in [1.82, 2.24) is 39.6 Å². The monoisotopic (exact) mass is 872 g/mol. The number of H-pyrrole nitrogens is 1. The van der Waals surface area contributed by atoms with E-state index < -0.39 is 21.6 Å². The Bertz CT molecular complexity index is 2520. The van der Waals surface area contributed by atoms with Crippen LogP contribution in [0.2, 0.25) is 0 Å². The first-order valence-corrected chi connectivity index (χ1v) is 24.1. The van der Waals surface area contributed by atoms with Gasteiger partial charge >= 0.3 is 11.6 Å². The first-order valence-electron chi connectivity index (χ1n) is 21.7. The van der Waals surface area contributed by atoms with Crippen LogP contribution in [-0.4, -0.2) is 68.8 Å². The van der Waals surface area contributed by atoms with Gasteiger partial charge in [0.15, 0.2) is 22.9 Å². The summed E-state index contributed by atoms with van der Waals surface area (Å²) in [7, 11) is -3.43. The lowest BCUT2D eigenvalue weighted by Gasteiger charge is -2.18. The number of nitrogens with zero attached hydrogens (tertiary/aromatic N) is 7. The number of sulfonamides is 1. The van der Waals surface area contributed by atoms with E-state index >= 15 is 0 Å². The quantitative estimate of drug-likeness (QED) is 0.0626. The Hall–Kier alpha value is -4.96. The van der Waals surface area contributed by atoms with Gasteiger partial charge in [-0.1, -0.05) is 120 Å². The fourth-order valence-electron chi connectivity index (χ4n) is 7.29. The fraction of sp³-hybridized carbons (Fsp3) is 0.533. The molecule has 6 rings (SSSR count). The van der Waals surface area contributed by atoms with Gasteiger partial charge in [-0.05, 0) is 67.4 Å². The third kappa shape index (κ3) is 12.8. The maximum Gasteiger partial charge on any atom is 0.335 e. The molecule has 6 aromatic rings. The van der Waals surface area contributed by atoms with Crippen LogP contribution in [0.1, 0.15) is 149 Å². The number of hydrogen-bond donors (Lipinski definition) is 3. The molecule has 16 heteroatoms. The van der Waals surface area contributed by atoms with E-state index in [1.54, 1.807) is 21.4 Å². The highest BCUT2D eigenvalue weighted by atomic mass is 32.2. The van der Waals surface area contributed by atoms with Crippen molar-refractivity contribution in [3.05, 3.63) is 70.7 Å². The Balaban J connectivity index is 0.00000228. The number of aromatic nitrogens is 8. The van der Waals surface area contributed by atoms with Crippen LogP contribution in [0, 0.1) is 0 Å². The normalized spacial score (nSPS) is 12.6. The minimum atomic E-state index is -3.43. The molecule has 0 saturated heterocycles. The molecule has 4 heterocycles. The summed E-state index contributed by atoms with van der Waals surface area (Å²) in [4.78, 5) is 10.1. The second-order valence-corrected chi connectivity index (χ2v) is 19.8. The van der Waals surface area contributed by atoms with Crippen LogP contribution < -0.4 is 15.3 Å². The molecule has 0 atom stereocenters. The van der Waals surface area contributed by atoms with Crippen LogP contribution in [0.4, 0.5) is 11.4 Å². The van der Waals surface area contributed by atoms with E-state index in [9.17, 15) is 8.42 Å². The van der Waals surface area contributed by atoms with E-state index in [4.69, 9.17) is 33.7 Å². The van der Waals surface area contributed by atoms with Crippen molar-refractivity contribution in [3.63, 3.8) is 0 Å². The molecule has 0 aliphatic heterocycles. The number of anilines is 2. The molecule has 0 radical (unpaired) electrons. The summed E-state index contributed by atoms with van der Waals surface area (Å²) in [6, 6.07) is 15.6. The van der Waals surface area contributed by atoms with Crippen molar-refractivity contribution >= 4 is 50.3 Å². The van der Waals surface area contributed by atoms with Gasteiger partial charge in [0, 0.05) is 50.7 Å². The summed E-state index contributed by atoms with van der Waals surface area (Å²) in [6.07, 6.45) is 15.9. The molecule has 0 amide bonds. The molecule has 14 nitrogen and oxygen atoms in total. The number of fused-ring (bicyclic) bond motifs is 2. The zero-order chi connectivity index (χ0) is 44.2. The van der Waals surface area contributed by atoms with Crippen molar-refractivity contribution in [3.8, 4) is 22.8 Å². The van der Waals surface area contributed by atoms with Crippen LogP contribution >= 0.6 is 0 Å². The topological polar surface area (TPSA) is 181 Å². The predicted octanol–water partition coefficient (Wildman–Crippen LogP) is 9.18. The highest BCUT2D eigenvalue weighted by Gasteiger charge is 2.28. The van der Waals surface area contributed by atoms with E-state index in [2.05, 4.69) is 101 Å². The predicted molar refractivity (Wildman–Crippen MR) is 247 cm³/mol. The Kier molecular flexibility index (Phi) is 16.4. The second-order valence-electron chi connectivity index (χ2n) is 17.8. The van der Waals surface area contributed by atoms with Gasteiger partial charge in [-0.15, -0.1) is 14.8 Å². The molecule has 0 aliphatic carbocycles. The Morgan fingerprint density at radius 2 is 1.20 bits per heavy atom. The van der Waals surface area contributed by atoms with Crippen molar-refractivity contribution in [2.24, 2.45) is 0 Å². The zero-order valence-corrected chi connectivity index (χ0v) is 38.8. The fourth-order valence-corrected chi connectivity index (χ4v) is 8.47. The molecular weight excluding hydrogens is 809 g/mol. The van der Waals surface area contributed by atoms with Crippen LogP contribution in [-0.2, 0) is 32.4 Å². The number of unbranched alkanes of at least 4 members (excludes halogenated alkanes) is 10. The largest absolute Gasteiger partial charge is 0.385 e. The van der Waals surface area contributed by atoms with Crippen molar-refractivity contribution in [2.75, 3.05) is 22.3 Å². The standard InChI is InChI=1S/C45H64N10O2S.O2S/c1-9-11-13-15-17-19-29-46-34-25-21-32(22-26-34)40-47-42-36(38(44(3,4)5)49-54(42)51-40)31-37-39(45(6,7)8)50-55-43(37)48-41(52-55)33-23-27-35(28-24-33)53-58(56,57)30-20-18-16-14-12-10-2;1-3-2/h21-28,31,46,50,53H,9-20,29-30H2,1-8H3;. The SMILES string of the molecule is CCCCCCCCNc1ccc(-c2nc3c(=Cc4c(C(C)(C)C)[nH]n5nc(-c6ccc(NS(=O)(=O)CCCCCCCC)cc6)nc45)c(C(C)(C)C)nn3n2)cc1.O=S=O. The maximum absolute atomic E-state index is 12.8. The summed E-state index contributed by atoms with van der Waals surface area (Å²) >= 11 is -0.750. The van der Waals surface area contributed by atoms with E-state index in [0.29, 0.717) is 35.1 Å². The van der Waals surface area contributed by atoms with Crippen molar-refractivity contribution in [1.29, 1.82) is 0 Å². The average molecular weight is 873 g/mol. The lowest BCUT2D eigenvalue weighted by atomic mass is 9.88. The Labute approximate surface area is 364 Å². The van der Waals surface area contributed by atoms with Crippen molar-refractivity contribution in [2.45, 2.75) is 143 Å². The summed E-state index contributed by atoms with van der Waals surface area (Å²) in [5.41, 5.74) is 6.89. The molecule has 0 bridgehead atoms. The smallest absolute Gasteiger partial charge is 0.335 e. The molecule has 0 aliphatic rings. The number of hydrogen-bond acceptors (Lipinski definition) is 10. The number of nitrogens with one attached hydrogen (secondary N) is 3. The van der Waals surface area contributed by atoms with Crippen LogP contribution in [0.15, 0.2) is 48.5 Å². The molecule has 0 spiro atoms. The molecule has 3 N–H and O–H groups in total. The molecular formula is C45H64N10O4S2. The highest BCUT2D eigenvalue weighted by Crippen LogP contribution is 2.30. The minimum absolute atomic E-state index is 0.117. The minimum Gasteiger partial charge on any atom is -0.385 e. The molecule has 61 heavy (non-hydrogen) atoms. The maximum atomic E-state index is 12.8. The summed E-state index contributed by atoms with van der Waals surface area (Å²) < 4.78 is 48.2. The Morgan fingerprint density at radius 1 is 0.672 bits per heavy atom. The number of aromatic amines is 1. The van der Waals surface area contributed by atoms with Gasteiger partial charge in [-0.25, -0.2) is 18.4 Å². The van der Waals surface area contributed by atoms with Gasteiger partial charge in [0.1, 0.15) is 0 Å². The van der Waals surface area contributed by atoms with Gasteiger partial charge in [0.25, 0.3) is 0 Å². The molecule has 0 saturated carbocycles. The zero-order valence-electron chi connectivity index (χ0n) is 37.2. The lowest BCUT2D eigenvalue weighted by molar-refractivity contribution is 0.553. The van der Waals surface area contributed by atoms with Gasteiger partial charge in [0.2, 0.25) is 10.0 Å². The van der Waals surface area contributed by atoms with Gasteiger partial charge in [-0.2, -0.15) is 18.1 Å². The molecule has 0 unspecified atom stereocenters. The average Bonchev–Trinajstić information content (AvgIpc) is 3.97. The third-order valence-electron chi connectivity index (χ3n) is 10.6. The van der Waals surface area contributed by atoms with Crippen LogP contribution in [0.25, 0.3) is 40.1 Å². The summed E-state index contributed by atoms with van der Waals surface area (Å²) in [5.74, 6) is 1.26. The van der Waals surface area contributed by atoms with Crippen molar-refractivity contribution < 1.29 is 16.8 Å². The van der Waals surface area contributed by atoms with E-state index in [0.717, 1.165) is 64.8 Å². The van der Waals surface area contributed by atoms with Gasteiger partial charge in [-0.3, -0.25) is 9.82 Å². The molecule has 2 aromatic carbocycles. The van der Waals surface area contributed by atoms with E-state index in [-0.39, 0.29) is 16.6 Å².